The molecule has 2 aromatic heterocycles. The maximum absolute atomic E-state index is 4.70. The van der Waals surface area contributed by atoms with Gasteiger partial charge in [-0.15, -0.1) is 24.0 Å². The monoisotopic (exact) mass is 518 g/mol. The molecule has 3 aromatic rings. The van der Waals surface area contributed by atoms with Gasteiger partial charge in [-0.3, -0.25) is 9.98 Å². The number of guanidine groups is 1. The van der Waals surface area contributed by atoms with E-state index in [0.29, 0.717) is 0 Å². The van der Waals surface area contributed by atoms with Gasteiger partial charge in [0.2, 0.25) is 0 Å². The molecule has 0 aliphatic rings. The zero-order valence-electron chi connectivity index (χ0n) is 17.7. The van der Waals surface area contributed by atoms with E-state index in [1.807, 2.05) is 47.3 Å². The van der Waals surface area contributed by atoms with Gasteiger partial charge in [-0.25, -0.2) is 4.68 Å². The minimum atomic E-state index is 0. The number of nitrogens with one attached hydrogen (secondary N) is 2. The zero-order chi connectivity index (χ0) is 20.3. The maximum Gasteiger partial charge on any atom is 0.191 e. The lowest BCUT2D eigenvalue weighted by Gasteiger charge is -2.11. The first-order valence-corrected chi connectivity index (χ1v) is 10.3. The molecular formula is C23H31IN6. The summed E-state index contributed by atoms with van der Waals surface area (Å²) >= 11 is 0. The fraction of sp³-hybridized carbons (Fsp3) is 0.348. The van der Waals surface area contributed by atoms with Crippen LogP contribution in [0, 0.1) is 6.92 Å². The first-order chi connectivity index (χ1) is 14.3. The van der Waals surface area contributed by atoms with Crippen LogP contribution in [0.5, 0.6) is 0 Å². The Labute approximate surface area is 196 Å². The fourth-order valence-electron chi connectivity index (χ4n) is 3.11. The second-order valence-corrected chi connectivity index (χ2v) is 6.88. The summed E-state index contributed by atoms with van der Waals surface area (Å²) in [6.07, 6.45) is 6.79. The molecule has 0 aliphatic heterocycles. The summed E-state index contributed by atoms with van der Waals surface area (Å²) < 4.78 is 1.96. The molecule has 0 saturated heterocycles. The molecule has 0 radical (unpaired) electrons. The topological polar surface area (TPSA) is 67.1 Å². The Morgan fingerprint density at radius 3 is 2.57 bits per heavy atom. The van der Waals surface area contributed by atoms with E-state index >= 15 is 0 Å². The Balaban J connectivity index is 0.00000320. The van der Waals surface area contributed by atoms with Gasteiger partial charge in [0.25, 0.3) is 0 Å². The van der Waals surface area contributed by atoms with Crippen molar-refractivity contribution in [2.45, 2.75) is 33.1 Å². The zero-order valence-corrected chi connectivity index (χ0v) is 20.0. The number of pyridine rings is 1. The summed E-state index contributed by atoms with van der Waals surface area (Å²) in [5, 5.41) is 11.3. The number of rotatable bonds is 9. The first kappa shape index (κ1) is 23.9. The van der Waals surface area contributed by atoms with Gasteiger partial charge in [0.15, 0.2) is 5.96 Å². The number of aliphatic imine (C=N–C) groups is 1. The molecule has 0 saturated carbocycles. The summed E-state index contributed by atoms with van der Waals surface area (Å²) in [4.78, 5) is 9.06. The third-order valence-electron chi connectivity index (χ3n) is 4.64. The Morgan fingerprint density at radius 2 is 1.83 bits per heavy atom. The smallest absolute Gasteiger partial charge is 0.191 e. The van der Waals surface area contributed by atoms with Crippen LogP contribution in [0.2, 0.25) is 0 Å². The summed E-state index contributed by atoms with van der Waals surface area (Å²) in [5.74, 6) is 0.861. The lowest BCUT2D eigenvalue weighted by Crippen LogP contribution is -2.38. The second kappa shape index (κ2) is 13.0. The molecule has 1 aromatic carbocycles. The highest BCUT2D eigenvalue weighted by molar-refractivity contribution is 14.0. The third-order valence-corrected chi connectivity index (χ3v) is 4.64. The summed E-state index contributed by atoms with van der Waals surface area (Å²) in [5.41, 5.74) is 4.53. The molecule has 30 heavy (non-hydrogen) atoms. The highest BCUT2D eigenvalue weighted by Gasteiger charge is 2.06. The van der Waals surface area contributed by atoms with Crippen molar-refractivity contribution in [3.63, 3.8) is 0 Å². The van der Waals surface area contributed by atoms with Crippen LogP contribution in [0.25, 0.3) is 5.69 Å². The van der Waals surface area contributed by atoms with E-state index in [0.717, 1.165) is 61.9 Å². The normalized spacial score (nSPS) is 11.1. The van der Waals surface area contributed by atoms with Gasteiger partial charge < -0.3 is 10.6 Å². The standard InChI is InChI=1S/C23H30N6.HI/c1-3-24-23(27-17-14-21-11-7-8-15-25-21)26-16-9-10-20-18-29(28-19(20)2)22-12-5-4-6-13-22;/h4-8,11-13,15,18H,3,9-10,14,16-17H2,1-2H3,(H2,24,26,27);1H. The Hall–Kier alpha value is -2.42. The average molecular weight is 518 g/mol. The van der Waals surface area contributed by atoms with E-state index in [9.17, 15) is 0 Å². The number of halogens is 1. The van der Waals surface area contributed by atoms with E-state index < -0.39 is 0 Å². The largest absolute Gasteiger partial charge is 0.357 e. The lowest BCUT2D eigenvalue weighted by molar-refractivity contribution is 0.769. The molecule has 0 aliphatic carbocycles. The fourth-order valence-corrected chi connectivity index (χ4v) is 3.11. The Morgan fingerprint density at radius 1 is 1.03 bits per heavy atom. The molecule has 160 valence electrons. The molecule has 2 heterocycles. The highest BCUT2D eigenvalue weighted by Crippen LogP contribution is 2.13. The van der Waals surface area contributed by atoms with Crippen molar-refractivity contribution in [1.82, 2.24) is 25.4 Å². The van der Waals surface area contributed by atoms with Gasteiger partial charge in [0.1, 0.15) is 0 Å². The Kier molecular flexibility index (Phi) is 10.3. The van der Waals surface area contributed by atoms with Crippen LogP contribution in [-0.2, 0) is 12.8 Å². The number of nitrogens with zero attached hydrogens (tertiary/aromatic N) is 4. The van der Waals surface area contributed by atoms with Crippen molar-refractivity contribution in [1.29, 1.82) is 0 Å². The average Bonchev–Trinajstić information content (AvgIpc) is 3.13. The molecule has 0 atom stereocenters. The number of para-hydroxylation sites is 1. The van der Waals surface area contributed by atoms with Crippen molar-refractivity contribution in [3.05, 3.63) is 77.9 Å². The van der Waals surface area contributed by atoms with E-state index in [1.165, 1.54) is 5.56 Å². The molecular weight excluding hydrogens is 487 g/mol. The first-order valence-electron chi connectivity index (χ1n) is 10.3. The molecule has 2 N–H and O–H groups in total. The van der Waals surface area contributed by atoms with E-state index in [-0.39, 0.29) is 24.0 Å². The van der Waals surface area contributed by atoms with Crippen LogP contribution in [0.3, 0.4) is 0 Å². The quantitative estimate of drug-likeness (QED) is 0.195. The molecule has 0 unspecified atom stereocenters. The second-order valence-electron chi connectivity index (χ2n) is 6.88. The van der Waals surface area contributed by atoms with Crippen molar-refractivity contribution < 1.29 is 0 Å². The molecule has 0 bridgehead atoms. The minimum absolute atomic E-state index is 0. The third kappa shape index (κ3) is 7.44. The summed E-state index contributed by atoms with van der Waals surface area (Å²) in [7, 11) is 0. The van der Waals surface area contributed by atoms with Gasteiger partial charge in [-0.2, -0.15) is 5.10 Å². The predicted molar refractivity (Wildman–Crippen MR) is 134 cm³/mol. The van der Waals surface area contributed by atoms with Crippen molar-refractivity contribution >= 4 is 29.9 Å². The minimum Gasteiger partial charge on any atom is -0.357 e. The lowest BCUT2D eigenvalue weighted by atomic mass is 10.1. The van der Waals surface area contributed by atoms with Gasteiger partial charge in [0, 0.05) is 44.1 Å². The Bertz CT molecular complexity index is 893. The van der Waals surface area contributed by atoms with E-state index in [4.69, 9.17) is 4.99 Å². The SMILES string of the molecule is CCNC(=NCCCc1cn(-c2ccccc2)nc1C)NCCc1ccccn1.I. The van der Waals surface area contributed by atoms with Crippen LogP contribution in [0.4, 0.5) is 0 Å². The molecule has 7 heteroatoms. The predicted octanol–water partition coefficient (Wildman–Crippen LogP) is 3.92. The number of aromatic nitrogens is 3. The van der Waals surface area contributed by atoms with Gasteiger partial charge >= 0.3 is 0 Å². The van der Waals surface area contributed by atoms with Gasteiger partial charge in [-0.05, 0) is 56.5 Å². The van der Waals surface area contributed by atoms with Crippen LogP contribution in [0.15, 0.2) is 65.9 Å². The molecule has 0 amide bonds. The van der Waals surface area contributed by atoms with Crippen LogP contribution >= 0.6 is 24.0 Å². The van der Waals surface area contributed by atoms with Crippen molar-refractivity contribution in [3.8, 4) is 5.69 Å². The maximum atomic E-state index is 4.70. The molecule has 3 rings (SSSR count). The summed E-state index contributed by atoms with van der Waals surface area (Å²) in [6, 6.07) is 16.2. The number of benzene rings is 1. The van der Waals surface area contributed by atoms with Crippen molar-refractivity contribution in [2.24, 2.45) is 4.99 Å². The van der Waals surface area contributed by atoms with E-state index in [2.05, 4.69) is 52.9 Å². The van der Waals surface area contributed by atoms with Gasteiger partial charge in [-0.1, -0.05) is 24.3 Å². The van der Waals surface area contributed by atoms with Gasteiger partial charge in [0.05, 0.1) is 11.4 Å². The van der Waals surface area contributed by atoms with Crippen LogP contribution in [0.1, 0.15) is 30.3 Å². The van der Waals surface area contributed by atoms with Crippen molar-refractivity contribution in [2.75, 3.05) is 19.6 Å². The number of hydrogen-bond donors (Lipinski definition) is 2. The molecule has 0 fully saturated rings. The van der Waals surface area contributed by atoms with E-state index in [1.54, 1.807) is 0 Å². The number of aryl methyl sites for hydroxylation is 2. The molecule has 0 spiro atoms. The number of hydrogen-bond acceptors (Lipinski definition) is 3. The highest BCUT2D eigenvalue weighted by atomic mass is 127. The molecule has 6 nitrogen and oxygen atoms in total. The van der Waals surface area contributed by atoms with Crippen LogP contribution in [-0.4, -0.2) is 40.4 Å². The summed E-state index contributed by atoms with van der Waals surface area (Å²) in [6.45, 7) is 6.58. The van der Waals surface area contributed by atoms with Crippen LogP contribution < -0.4 is 10.6 Å².